The third-order valence-electron chi connectivity index (χ3n) is 5.76. The molecule has 0 spiro atoms. The van der Waals surface area contributed by atoms with Gasteiger partial charge in [0.1, 0.15) is 0 Å². The molecule has 0 bridgehead atoms. The van der Waals surface area contributed by atoms with Gasteiger partial charge in [0.25, 0.3) is 0 Å². The van der Waals surface area contributed by atoms with Crippen LogP contribution >= 0.6 is 0 Å². The Labute approximate surface area is 160 Å². The molecule has 1 N–H and O–H groups in total. The smallest absolute Gasteiger partial charge is 0.231 e. The highest BCUT2D eigenvalue weighted by atomic mass is 16.2. The van der Waals surface area contributed by atoms with E-state index in [0.717, 1.165) is 42.5 Å². The minimum atomic E-state index is -0.383. The van der Waals surface area contributed by atoms with Crippen LogP contribution in [0.4, 0.5) is 0 Å². The summed E-state index contributed by atoms with van der Waals surface area (Å²) in [6, 6.07) is 18.5. The molecule has 0 aliphatic heterocycles. The van der Waals surface area contributed by atoms with E-state index in [1.165, 1.54) is 0 Å². The zero-order chi connectivity index (χ0) is 18.7. The molecule has 4 rings (SSSR count). The average Bonchev–Trinajstić information content (AvgIpc) is 3.41. The first kappa shape index (κ1) is 17.5. The predicted octanol–water partition coefficient (Wildman–Crippen LogP) is 4.56. The maximum atomic E-state index is 13.3. The maximum absolute atomic E-state index is 13.3. The second kappa shape index (κ2) is 7.39. The Morgan fingerprint density at radius 3 is 2.41 bits per heavy atom. The summed E-state index contributed by atoms with van der Waals surface area (Å²) in [5.41, 5.74) is 2.93. The van der Waals surface area contributed by atoms with E-state index in [0.29, 0.717) is 0 Å². The fourth-order valence-electron chi connectivity index (χ4n) is 4.15. The van der Waals surface area contributed by atoms with E-state index in [9.17, 15) is 4.79 Å². The van der Waals surface area contributed by atoms with Crippen LogP contribution < -0.4 is 5.32 Å². The summed E-state index contributed by atoms with van der Waals surface area (Å²) in [5.74, 6) is 0.150. The van der Waals surface area contributed by atoms with Gasteiger partial charge in [0.2, 0.25) is 5.91 Å². The number of aromatic nitrogens is 2. The number of hydrogen-bond acceptors (Lipinski definition) is 2. The van der Waals surface area contributed by atoms with Gasteiger partial charge in [0, 0.05) is 18.1 Å². The molecule has 4 nitrogen and oxygen atoms in total. The van der Waals surface area contributed by atoms with Crippen molar-refractivity contribution >= 4 is 5.91 Å². The molecule has 1 aliphatic rings. The van der Waals surface area contributed by atoms with Gasteiger partial charge in [-0.1, -0.05) is 55.3 Å². The van der Waals surface area contributed by atoms with E-state index in [4.69, 9.17) is 0 Å². The van der Waals surface area contributed by atoms with Crippen LogP contribution in [0.1, 0.15) is 49.8 Å². The predicted molar refractivity (Wildman–Crippen MR) is 107 cm³/mol. The summed E-state index contributed by atoms with van der Waals surface area (Å²) in [6.45, 7) is 2.05. The van der Waals surface area contributed by atoms with Crippen molar-refractivity contribution in [1.29, 1.82) is 0 Å². The molecule has 1 aromatic heterocycles. The lowest BCUT2D eigenvalue weighted by molar-refractivity contribution is -0.127. The molecular formula is C23H25N3O. The van der Waals surface area contributed by atoms with Gasteiger partial charge in [-0.3, -0.25) is 4.79 Å². The quantitative estimate of drug-likeness (QED) is 0.726. The van der Waals surface area contributed by atoms with E-state index in [-0.39, 0.29) is 17.4 Å². The Morgan fingerprint density at radius 2 is 1.78 bits per heavy atom. The molecule has 1 aliphatic carbocycles. The number of rotatable bonds is 5. The van der Waals surface area contributed by atoms with Gasteiger partial charge in [-0.2, -0.15) is 0 Å². The van der Waals surface area contributed by atoms with Crippen molar-refractivity contribution in [3.05, 3.63) is 84.4 Å². The normalized spacial score (nSPS) is 16.8. The van der Waals surface area contributed by atoms with Gasteiger partial charge in [0.15, 0.2) is 0 Å². The van der Waals surface area contributed by atoms with Crippen LogP contribution in [0, 0.1) is 0 Å². The highest BCUT2D eigenvalue weighted by molar-refractivity contribution is 5.89. The molecule has 0 unspecified atom stereocenters. The molecule has 138 valence electrons. The van der Waals surface area contributed by atoms with Crippen LogP contribution in [-0.2, 0) is 10.2 Å². The van der Waals surface area contributed by atoms with Gasteiger partial charge in [-0.25, -0.2) is 4.98 Å². The highest BCUT2D eigenvalue weighted by Crippen LogP contribution is 2.41. The van der Waals surface area contributed by atoms with E-state index in [1.807, 2.05) is 29.0 Å². The number of nitrogens with one attached hydrogen (secondary N) is 1. The molecular weight excluding hydrogens is 334 g/mol. The minimum Gasteiger partial charge on any atom is -0.349 e. The maximum Gasteiger partial charge on any atom is 0.231 e. The van der Waals surface area contributed by atoms with Crippen molar-refractivity contribution < 1.29 is 4.79 Å². The van der Waals surface area contributed by atoms with E-state index < -0.39 is 0 Å². The van der Waals surface area contributed by atoms with Crippen LogP contribution in [-0.4, -0.2) is 15.5 Å². The summed E-state index contributed by atoms with van der Waals surface area (Å²) in [7, 11) is 0. The van der Waals surface area contributed by atoms with Crippen LogP contribution in [0.5, 0.6) is 0 Å². The average molecular weight is 359 g/mol. The molecule has 0 saturated heterocycles. The second-order valence-electron chi connectivity index (χ2n) is 7.41. The summed E-state index contributed by atoms with van der Waals surface area (Å²) in [6.07, 6.45) is 9.53. The number of carbonyl (C=O) groups is 1. The minimum absolute atomic E-state index is 0.0319. The van der Waals surface area contributed by atoms with Crippen molar-refractivity contribution in [3.63, 3.8) is 0 Å². The number of nitrogens with zero attached hydrogens (tertiary/aromatic N) is 2. The first-order chi connectivity index (χ1) is 13.2. The molecule has 1 saturated carbocycles. The fraction of sp³-hybridized carbons (Fsp3) is 0.304. The third kappa shape index (κ3) is 3.39. The Kier molecular flexibility index (Phi) is 4.80. The molecule has 0 radical (unpaired) electrons. The fourth-order valence-corrected chi connectivity index (χ4v) is 4.15. The lowest BCUT2D eigenvalue weighted by Crippen LogP contribution is -2.43. The van der Waals surface area contributed by atoms with E-state index in [1.54, 1.807) is 12.5 Å². The molecule has 1 fully saturated rings. The highest BCUT2D eigenvalue weighted by Gasteiger charge is 2.42. The Balaban J connectivity index is 1.51. The molecule has 2 aromatic carbocycles. The summed E-state index contributed by atoms with van der Waals surface area (Å²) in [5, 5.41) is 3.27. The van der Waals surface area contributed by atoms with Crippen LogP contribution in [0.3, 0.4) is 0 Å². The van der Waals surface area contributed by atoms with Crippen LogP contribution in [0.15, 0.2) is 73.3 Å². The van der Waals surface area contributed by atoms with Gasteiger partial charge in [0.05, 0.1) is 17.8 Å². The molecule has 1 heterocycles. The number of carbonyl (C=O) groups excluding carboxylic acids is 1. The van der Waals surface area contributed by atoms with Crippen molar-refractivity contribution in [2.75, 3.05) is 0 Å². The second-order valence-corrected chi connectivity index (χ2v) is 7.41. The standard InChI is InChI=1S/C23H25N3O/c1-18(19-9-11-21(12-10-19)26-16-15-24-17-26)25-22(27)23(13-5-6-14-23)20-7-3-2-4-8-20/h2-4,7-12,15-18H,5-6,13-14H2,1H3,(H,25,27)/t18-/m0/s1. The van der Waals surface area contributed by atoms with E-state index >= 15 is 0 Å². The molecule has 27 heavy (non-hydrogen) atoms. The topological polar surface area (TPSA) is 46.9 Å². The van der Waals surface area contributed by atoms with Gasteiger partial charge in [-0.15, -0.1) is 0 Å². The van der Waals surface area contributed by atoms with E-state index in [2.05, 4.69) is 53.6 Å². The summed E-state index contributed by atoms with van der Waals surface area (Å²) >= 11 is 0. The number of imidazole rings is 1. The van der Waals surface area contributed by atoms with Gasteiger partial charge in [-0.05, 0) is 43.0 Å². The Bertz CT molecular complexity index is 879. The number of hydrogen-bond donors (Lipinski definition) is 1. The monoisotopic (exact) mass is 359 g/mol. The lowest BCUT2D eigenvalue weighted by Gasteiger charge is -2.30. The third-order valence-corrected chi connectivity index (χ3v) is 5.76. The van der Waals surface area contributed by atoms with Crippen molar-refractivity contribution in [1.82, 2.24) is 14.9 Å². The van der Waals surface area contributed by atoms with Crippen molar-refractivity contribution in [2.24, 2.45) is 0 Å². The molecule has 1 amide bonds. The summed E-state index contributed by atoms with van der Waals surface area (Å²) < 4.78 is 1.97. The number of benzene rings is 2. The SMILES string of the molecule is C[C@H](NC(=O)C1(c2ccccc2)CCCC1)c1ccc(-n2ccnc2)cc1. The number of amides is 1. The van der Waals surface area contributed by atoms with Crippen molar-refractivity contribution in [2.45, 2.75) is 44.1 Å². The van der Waals surface area contributed by atoms with Gasteiger partial charge >= 0.3 is 0 Å². The first-order valence-electron chi connectivity index (χ1n) is 9.64. The molecule has 3 aromatic rings. The zero-order valence-electron chi connectivity index (χ0n) is 15.6. The largest absolute Gasteiger partial charge is 0.349 e. The molecule has 1 atom stereocenters. The molecule has 4 heteroatoms. The first-order valence-corrected chi connectivity index (χ1v) is 9.64. The zero-order valence-corrected chi connectivity index (χ0v) is 15.6. The Morgan fingerprint density at radius 1 is 1.07 bits per heavy atom. The summed E-state index contributed by atoms with van der Waals surface area (Å²) in [4.78, 5) is 17.4. The van der Waals surface area contributed by atoms with Crippen LogP contribution in [0.2, 0.25) is 0 Å². The van der Waals surface area contributed by atoms with Crippen molar-refractivity contribution in [3.8, 4) is 5.69 Å². The van der Waals surface area contributed by atoms with Gasteiger partial charge < -0.3 is 9.88 Å². The Hall–Kier alpha value is -2.88. The lowest BCUT2D eigenvalue weighted by atomic mass is 9.77. The van der Waals surface area contributed by atoms with Crippen LogP contribution in [0.25, 0.3) is 5.69 Å².